The maximum Gasteiger partial charge on any atom is 0.241 e. The van der Waals surface area contributed by atoms with E-state index < -0.39 is 0 Å². The number of aromatic amines is 1. The molecule has 0 bridgehead atoms. The van der Waals surface area contributed by atoms with Gasteiger partial charge in [-0.2, -0.15) is 0 Å². The van der Waals surface area contributed by atoms with Crippen molar-refractivity contribution in [3.8, 4) is 0 Å². The van der Waals surface area contributed by atoms with Gasteiger partial charge in [0.25, 0.3) is 0 Å². The molecule has 1 aromatic heterocycles. The van der Waals surface area contributed by atoms with Crippen LogP contribution < -0.4 is 21.5 Å². The van der Waals surface area contributed by atoms with Crippen molar-refractivity contribution in [2.24, 2.45) is 0 Å². The number of H-pyrrole nitrogens is 1. The van der Waals surface area contributed by atoms with Gasteiger partial charge in [-0.3, -0.25) is 4.98 Å². The summed E-state index contributed by atoms with van der Waals surface area (Å²) in [6, 6.07) is 0.640. The first-order valence-corrected chi connectivity index (χ1v) is 6.03. The second-order valence-corrected chi connectivity index (χ2v) is 4.07. The van der Waals surface area contributed by atoms with Gasteiger partial charge in [0, 0.05) is 0 Å². The van der Waals surface area contributed by atoms with E-state index in [0.717, 1.165) is 6.42 Å². The van der Waals surface area contributed by atoms with Crippen molar-refractivity contribution in [1.29, 1.82) is 0 Å². The molecule has 1 N–H and O–H groups in total. The molecule has 2 nitrogen and oxygen atoms in total. The maximum atomic E-state index is 3.79. The lowest BCUT2D eigenvalue weighted by Crippen LogP contribution is -3.00. The Labute approximate surface area is 110 Å². The minimum absolute atomic E-state index is 0. The Bertz CT molecular complexity index is 257. The zero-order valence-electron chi connectivity index (χ0n) is 10.2. The van der Waals surface area contributed by atoms with Crippen molar-refractivity contribution in [1.82, 2.24) is 4.98 Å². The van der Waals surface area contributed by atoms with Crippen molar-refractivity contribution in [3.63, 3.8) is 0 Å². The van der Waals surface area contributed by atoms with Gasteiger partial charge in [-0.25, -0.2) is 4.57 Å². The Morgan fingerprint density at radius 1 is 1.38 bits per heavy atom. The third-order valence-corrected chi connectivity index (χ3v) is 2.83. The Hall–Kier alpha value is -0.570. The standard InChI is InChI=1S/C13H22N2.BrH/c1-3-5-7-9-13(8-6-4-2)15-11-10-14-12-15;/h4,10-13H,2-3,5-9H2,1H3;1H. The van der Waals surface area contributed by atoms with Crippen LogP contribution >= 0.6 is 0 Å². The molecular formula is C13H23BrN2. The third kappa shape index (κ3) is 5.50. The molecule has 0 spiro atoms. The molecule has 1 atom stereocenters. The highest BCUT2D eigenvalue weighted by molar-refractivity contribution is 4.69. The summed E-state index contributed by atoms with van der Waals surface area (Å²) in [5.74, 6) is 0. The van der Waals surface area contributed by atoms with Gasteiger partial charge in [-0.05, 0) is 25.7 Å². The molecule has 1 rings (SSSR count). The van der Waals surface area contributed by atoms with Crippen LogP contribution in [0.3, 0.4) is 0 Å². The average Bonchev–Trinajstić information content (AvgIpc) is 2.76. The second kappa shape index (κ2) is 9.64. The largest absolute Gasteiger partial charge is 1.00 e. The number of hydrogen-bond donors (Lipinski definition) is 1. The van der Waals surface area contributed by atoms with E-state index in [-0.39, 0.29) is 17.0 Å². The average molecular weight is 287 g/mol. The van der Waals surface area contributed by atoms with Gasteiger partial charge in [0.2, 0.25) is 6.33 Å². The number of allylic oxidation sites excluding steroid dienone is 1. The zero-order chi connectivity index (χ0) is 10.9. The van der Waals surface area contributed by atoms with Gasteiger partial charge in [0.1, 0.15) is 18.4 Å². The van der Waals surface area contributed by atoms with E-state index in [2.05, 4.69) is 35.6 Å². The van der Waals surface area contributed by atoms with Gasteiger partial charge < -0.3 is 17.0 Å². The number of aromatic nitrogens is 2. The smallest absolute Gasteiger partial charge is 0.241 e. The SMILES string of the molecule is C=CCCC(CCCCC)[n+]1cc[nH]c1.[Br-]. The third-order valence-electron chi connectivity index (χ3n) is 2.83. The number of hydrogen-bond acceptors (Lipinski definition) is 0. The number of halogens is 1. The first-order valence-electron chi connectivity index (χ1n) is 6.03. The molecular weight excluding hydrogens is 264 g/mol. The number of rotatable bonds is 8. The molecule has 0 aromatic carbocycles. The quantitative estimate of drug-likeness (QED) is 0.405. The van der Waals surface area contributed by atoms with Crippen LogP contribution in [0.1, 0.15) is 51.5 Å². The molecule has 1 aromatic rings. The molecule has 3 heteroatoms. The Kier molecular flexibility index (Phi) is 9.30. The van der Waals surface area contributed by atoms with E-state index in [1.54, 1.807) is 0 Å². The molecule has 0 aliphatic heterocycles. The maximum absolute atomic E-state index is 3.79. The summed E-state index contributed by atoms with van der Waals surface area (Å²) in [5, 5.41) is 0. The van der Waals surface area contributed by atoms with Crippen LogP contribution in [0.4, 0.5) is 0 Å². The lowest BCUT2D eigenvalue weighted by Gasteiger charge is -2.12. The predicted octanol–water partition coefficient (Wildman–Crippen LogP) is 0.394. The molecule has 0 saturated heterocycles. The second-order valence-electron chi connectivity index (χ2n) is 4.07. The van der Waals surface area contributed by atoms with Gasteiger partial charge in [-0.1, -0.05) is 25.8 Å². The summed E-state index contributed by atoms with van der Waals surface area (Å²) in [6.45, 7) is 6.05. The van der Waals surface area contributed by atoms with Crippen molar-refractivity contribution in [2.75, 3.05) is 0 Å². The van der Waals surface area contributed by atoms with Crippen LogP contribution in [-0.2, 0) is 0 Å². The molecule has 92 valence electrons. The fraction of sp³-hybridized carbons (Fsp3) is 0.615. The van der Waals surface area contributed by atoms with E-state index in [0.29, 0.717) is 6.04 Å². The molecule has 1 unspecified atom stereocenters. The van der Waals surface area contributed by atoms with Crippen LogP contribution in [-0.4, -0.2) is 4.98 Å². The molecule has 1 heterocycles. The summed E-state index contributed by atoms with van der Waals surface area (Å²) in [5.41, 5.74) is 0. The molecule has 0 aliphatic rings. The fourth-order valence-corrected chi connectivity index (χ4v) is 1.91. The number of unbranched alkanes of at least 4 members (excludes halogenated alkanes) is 2. The summed E-state index contributed by atoms with van der Waals surface area (Å²) < 4.78 is 2.29. The fourth-order valence-electron chi connectivity index (χ4n) is 1.91. The zero-order valence-corrected chi connectivity index (χ0v) is 11.7. The van der Waals surface area contributed by atoms with E-state index in [4.69, 9.17) is 0 Å². The van der Waals surface area contributed by atoms with E-state index in [1.807, 2.05) is 12.3 Å². The van der Waals surface area contributed by atoms with Crippen LogP contribution in [0.5, 0.6) is 0 Å². The molecule has 0 amide bonds. The van der Waals surface area contributed by atoms with Gasteiger partial charge in [-0.15, -0.1) is 6.58 Å². The topological polar surface area (TPSA) is 19.7 Å². The Balaban J connectivity index is 0.00000225. The van der Waals surface area contributed by atoms with E-state index in [9.17, 15) is 0 Å². The lowest BCUT2D eigenvalue weighted by atomic mass is 10.0. The minimum Gasteiger partial charge on any atom is -1.00 e. The number of nitrogens with zero attached hydrogens (tertiary/aromatic N) is 1. The highest BCUT2D eigenvalue weighted by Gasteiger charge is 2.13. The van der Waals surface area contributed by atoms with Crippen molar-refractivity contribution in [3.05, 3.63) is 31.4 Å². The summed E-state index contributed by atoms with van der Waals surface area (Å²) >= 11 is 0. The Morgan fingerprint density at radius 2 is 2.19 bits per heavy atom. The van der Waals surface area contributed by atoms with E-state index in [1.165, 1.54) is 32.1 Å². The monoisotopic (exact) mass is 286 g/mol. The van der Waals surface area contributed by atoms with Gasteiger partial charge in [0.15, 0.2) is 0 Å². The summed E-state index contributed by atoms with van der Waals surface area (Å²) in [6.07, 6.45) is 15.7. The minimum atomic E-state index is 0. The lowest BCUT2D eigenvalue weighted by molar-refractivity contribution is -0.723. The first-order chi connectivity index (χ1) is 7.38. The normalized spacial score (nSPS) is 11.8. The molecule has 0 aliphatic carbocycles. The number of imidazole rings is 1. The predicted molar refractivity (Wildman–Crippen MR) is 63.6 cm³/mol. The van der Waals surface area contributed by atoms with Crippen LogP contribution in [0.25, 0.3) is 0 Å². The highest BCUT2D eigenvalue weighted by Crippen LogP contribution is 2.15. The van der Waals surface area contributed by atoms with Crippen molar-refractivity contribution >= 4 is 0 Å². The van der Waals surface area contributed by atoms with Crippen LogP contribution in [0, 0.1) is 0 Å². The highest BCUT2D eigenvalue weighted by atomic mass is 79.9. The summed E-state index contributed by atoms with van der Waals surface area (Å²) in [7, 11) is 0. The van der Waals surface area contributed by atoms with Crippen LogP contribution in [0.15, 0.2) is 31.4 Å². The van der Waals surface area contributed by atoms with Crippen molar-refractivity contribution < 1.29 is 21.5 Å². The molecule has 0 saturated carbocycles. The molecule has 0 fully saturated rings. The molecule has 0 radical (unpaired) electrons. The van der Waals surface area contributed by atoms with E-state index >= 15 is 0 Å². The summed E-state index contributed by atoms with van der Waals surface area (Å²) in [4.78, 5) is 3.11. The van der Waals surface area contributed by atoms with Gasteiger partial charge >= 0.3 is 0 Å². The van der Waals surface area contributed by atoms with Gasteiger partial charge in [0.05, 0.1) is 0 Å². The molecule has 16 heavy (non-hydrogen) atoms. The Morgan fingerprint density at radius 3 is 2.75 bits per heavy atom. The number of nitrogens with one attached hydrogen (secondary N) is 1. The first kappa shape index (κ1) is 15.4. The van der Waals surface area contributed by atoms with Crippen molar-refractivity contribution in [2.45, 2.75) is 51.5 Å². The van der Waals surface area contributed by atoms with Crippen LogP contribution in [0.2, 0.25) is 0 Å².